The molecule has 5 heteroatoms. The fourth-order valence-electron chi connectivity index (χ4n) is 1.69. The van der Waals surface area contributed by atoms with Crippen molar-refractivity contribution in [2.45, 2.75) is 6.92 Å². The van der Waals surface area contributed by atoms with Crippen LogP contribution in [0.25, 0.3) is 22.7 Å². The summed E-state index contributed by atoms with van der Waals surface area (Å²) in [5.41, 5.74) is 2.09. The molecule has 0 amide bonds. The third kappa shape index (κ3) is 1.52. The highest BCUT2D eigenvalue weighted by Gasteiger charge is 2.12. The molecule has 1 aromatic carbocycles. The first-order valence-electron chi connectivity index (χ1n) is 5.16. The molecule has 2 heterocycles. The van der Waals surface area contributed by atoms with E-state index < -0.39 is 0 Å². The van der Waals surface area contributed by atoms with Crippen LogP contribution in [0, 0.1) is 6.92 Å². The Morgan fingerprint density at radius 1 is 1.29 bits per heavy atom. The maximum atomic E-state index is 11.5. The van der Waals surface area contributed by atoms with E-state index in [0.29, 0.717) is 5.89 Å². The summed E-state index contributed by atoms with van der Waals surface area (Å²) in [7, 11) is 0. The van der Waals surface area contributed by atoms with Crippen molar-refractivity contribution < 1.29 is 4.42 Å². The van der Waals surface area contributed by atoms with Crippen molar-refractivity contribution in [3.63, 3.8) is 0 Å². The fourth-order valence-corrected chi connectivity index (χ4v) is 1.69. The Kier molecular flexibility index (Phi) is 2.04. The van der Waals surface area contributed by atoms with Gasteiger partial charge in [0.05, 0.1) is 6.33 Å². The first-order valence-corrected chi connectivity index (χ1v) is 5.16. The van der Waals surface area contributed by atoms with Crippen molar-refractivity contribution in [2.24, 2.45) is 0 Å². The van der Waals surface area contributed by atoms with E-state index in [4.69, 9.17) is 4.42 Å². The molecule has 0 unspecified atom stereocenters. The number of benzene rings is 1. The molecule has 1 N–H and O–H groups in total. The Balaban J connectivity index is 2.30. The van der Waals surface area contributed by atoms with Gasteiger partial charge in [-0.25, -0.2) is 9.97 Å². The van der Waals surface area contributed by atoms with Crippen LogP contribution in [-0.4, -0.2) is 15.0 Å². The van der Waals surface area contributed by atoms with Gasteiger partial charge in [-0.2, -0.15) is 0 Å². The lowest BCUT2D eigenvalue weighted by Crippen LogP contribution is -2.05. The first-order chi connectivity index (χ1) is 8.25. The Morgan fingerprint density at radius 2 is 2.12 bits per heavy atom. The molecule has 0 fully saturated rings. The second-order valence-corrected chi connectivity index (χ2v) is 3.72. The number of nitrogens with one attached hydrogen (secondary N) is 1. The summed E-state index contributed by atoms with van der Waals surface area (Å²) in [4.78, 5) is 22.1. The zero-order valence-corrected chi connectivity index (χ0v) is 9.10. The van der Waals surface area contributed by atoms with Gasteiger partial charge in [0.2, 0.25) is 5.89 Å². The monoisotopic (exact) mass is 227 g/mol. The molecule has 3 aromatic rings. The van der Waals surface area contributed by atoms with Crippen LogP contribution < -0.4 is 5.56 Å². The molecule has 0 spiro atoms. The number of aromatic nitrogens is 3. The van der Waals surface area contributed by atoms with Gasteiger partial charge < -0.3 is 9.40 Å². The Hall–Kier alpha value is -2.43. The van der Waals surface area contributed by atoms with Gasteiger partial charge in [-0.3, -0.25) is 4.79 Å². The number of nitrogens with zero attached hydrogens (tertiary/aromatic N) is 2. The van der Waals surface area contributed by atoms with E-state index in [1.54, 1.807) is 0 Å². The number of aromatic amines is 1. The number of H-pyrrole nitrogens is 1. The summed E-state index contributed by atoms with van der Waals surface area (Å²) in [6.45, 7) is 1.96. The highest BCUT2D eigenvalue weighted by atomic mass is 16.4. The van der Waals surface area contributed by atoms with Crippen molar-refractivity contribution in [3.8, 4) is 11.5 Å². The molecule has 84 valence electrons. The van der Waals surface area contributed by atoms with E-state index in [1.165, 1.54) is 6.33 Å². The summed E-state index contributed by atoms with van der Waals surface area (Å²) in [5.74, 6) is 0.419. The molecule has 0 aliphatic heterocycles. The van der Waals surface area contributed by atoms with Crippen LogP contribution in [0.1, 0.15) is 5.56 Å². The molecule has 2 aromatic heterocycles. The van der Waals surface area contributed by atoms with Crippen molar-refractivity contribution in [3.05, 3.63) is 46.5 Å². The average Bonchev–Trinajstić information content (AvgIpc) is 2.75. The molecule has 0 bridgehead atoms. The van der Waals surface area contributed by atoms with Gasteiger partial charge in [-0.15, -0.1) is 0 Å². The smallest absolute Gasteiger partial charge is 0.280 e. The molecule has 17 heavy (non-hydrogen) atoms. The van der Waals surface area contributed by atoms with E-state index in [0.717, 1.165) is 11.1 Å². The van der Waals surface area contributed by atoms with Crippen LogP contribution in [0.2, 0.25) is 0 Å². The predicted molar refractivity (Wildman–Crippen MR) is 62.6 cm³/mol. The van der Waals surface area contributed by atoms with E-state index in [1.807, 2.05) is 31.2 Å². The van der Waals surface area contributed by atoms with Crippen molar-refractivity contribution in [1.82, 2.24) is 15.0 Å². The van der Waals surface area contributed by atoms with Crippen LogP contribution in [0.15, 0.2) is 39.8 Å². The van der Waals surface area contributed by atoms with Crippen molar-refractivity contribution in [1.29, 1.82) is 0 Å². The van der Waals surface area contributed by atoms with Gasteiger partial charge in [0, 0.05) is 5.56 Å². The zero-order valence-electron chi connectivity index (χ0n) is 9.10. The minimum Gasteiger partial charge on any atom is -0.417 e. The molecule has 0 atom stereocenters. The molecule has 0 aliphatic rings. The second kappa shape index (κ2) is 3.55. The minimum absolute atomic E-state index is 0.228. The average molecular weight is 227 g/mol. The third-order valence-corrected chi connectivity index (χ3v) is 2.58. The van der Waals surface area contributed by atoms with Gasteiger partial charge in [-0.05, 0) is 18.6 Å². The quantitative estimate of drug-likeness (QED) is 0.689. The van der Waals surface area contributed by atoms with Gasteiger partial charge in [0.1, 0.15) is 0 Å². The highest BCUT2D eigenvalue weighted by molar-refractivity contribution is 5.72. The number of fused-ring (bicyclic) bond motifs is 1. The lowest BCUT2D eigenvalue weighted by Gasteiger charge is -1.98. The van der Waals surface area contributed by atoms with Gasteiger partial charge in [0.25, 0.3) is 11.3 Å². The van der Waals surface area contributed by atoms with Gasteiger partial charge in [0.15, 0.2) is 5.52 Å². The number of oxazole rings is 1. The number of hydrogen-bond acceptors (Lipinski definition) is 4. The standard InChI is InChI=1S/C12H9N3O2/c1-7-4-2-3-5-8(7)11-15-9-10(16)13-6-14-12(9)17-11/h2-6H,1H3,(H,13,14,16). The lowest BCUT2D eigenvalue weighted by molar-refractivity contribution is 0.606. The van der Waals surface area contributed by atoms with E-state index >= 15 is 0 Å². The Bertz CT molecular complexity index is 743. The molecule has 0 saturated carbocycles. The molecule has 5 nitrogen and oxygen atoms in total. The summed E-state index contributed by atoms with van der Waals surface area (Å²) < 4.78 is 5.47. The van der Waals surface area contributed by atoms with Gasteiger partial charge >= 0.3 is 0 Å². The molecule has 0 aliphatic carbocycles. The largest absolute Gasteiger partial charge is 0.417 e. The van der Waals surface area contributed by atoms with Crippen LogP contribution in [-0.2, 0) is 0 Å². The number of aryl methyl sites for hydroxylation is 1. The topological polar surface area (TPSA) is 71.8 Å². The summed E-state index contributed by atoms with van der Waals surface area (Å²) in [6.07, 6.45) is 1.30. The summed E-state index contributed by atoms with van der Waals surface area (Å²) >= 11 is 0. The van der Waals surface area contributed by atoms with Crippen LogP contribution in [0.5, 0.6) is 0 Å². The second-order valence-electron chi connectivity index (χ2n) is 3.72. The van der Waals surface area contributed by atoms with Crippen molar-refractivity contribution >= 4 is 11.2 Å². The fraction of sp³-hybridized carbons (Fsp3) is 0.0833. The Morgan fingerprint density at radius 3 is 2.88 bits per heavy atom. The van der Waals surface area contributed by atoms with Gasteiger partial charge in [-0.1, -0.05) is 18.2 Å². The van der Waals surface area contributed by atoms with Crippen LogP contribution >= 0.6 is 0 Å². The lowest BCUT2D eigenvalue weighted by atomic mass is 10.1. The summed E-state index contributed by atoms with van der Waals surface area (Å²) in [6, 6.07) is 7.69. The van der Waals surface area contributed by atoms with Crippen molar-refractivity contribution in [2.75, 3.05) is 0 Å². The molecule has 0 radical (unpaired) electrons. The van der Waals surface area contributed by atoms with Crippen LogP contribution in [0.4, 0.5) is 0 Å². The minimum atomic E-state index is -0.293. The predicted octanol–water partition coefficient (Wildman–Crippen LogP) is 1.89. The molecule has 0 saturated heterocycles. The normalized spacial score (nSPS) is 10.9. The maximum Gasteiger partial charge on any atom is 0.280 e. The van der Waals surface area contributed by atoms with E-state index in [9.17, 15) is 4.79 Å². The Labute approximate surface area is 96.1 Å². The van der Waals surface area contributed by atoms with E-state index in [2.05, 4.69) is 15.0 Å². The van der Waals surface area contributed by atoms with Crippen LogP contribution in [0.3, 0.4) is 0 Å². The number of hydrogen-bond donors (Lipinski definition) is 1. The van der Waals surface area contributed by atoms with E-state index in [-0.39, 0.29) is 16.8 Å². The molecular weight excluding hydrogens is 218 g/mol. The number of rotatable bonds is 1. The summed E-state index contributed by atoms with van der Waals surface area (Å²) in [5, 5.41) is 0. The highest BCUT2D eigenvalue weighted by Crippen LogP contribution is 2.23. The first kappa shape index (κ1) is 9.77. The maximum absolute atomic E-state index is 11.5. The zero-order chi connectivity index (χ0) is 11.8. The molecular formula is C12H9N3O2. The SMILES string of the molecule is Cc1ccccc1-c1nc2c(=O)[nH]cnc2o1. The third-order valence-electron chi connectivity index (χ3n) is 2.58. The molecule has 3 rings (SSSR count).